The molecule has 0 bridgehead atoms. The molecule has 0 unspecified atom stereocenters. The molecule has 8 heteroatoms. The van der Waals surface area contributed by atoms with Gasteiger partial charge in [0, 0.05) is 0 Å². The van der Waals surface area contributed by atoms with E-state index in [0.717, 1.165) is 31.9 Å². The number of hydrogen-bond acceptors (Lipinski definition) is 5. The van der Waals surface area contributed by atoms with Gasteiger partial charge in [0.15, 0.2) is 0 Å². The fourth-order valence-electron chi connectivity index (χ4n) is 4.44. The van der Waals surface area contributed by atoms with Crippen molar-refractivity contribution in [1.29, 1.82) is 0 Å². The predicted octanol–water partition coefficient (Wildman–Crippen LogP) is 6.38. The van der Waals surface area contributed by atoms with E-state index in [1.807, 2.05) is 56.3 Å². The lowest BCUT2D eigenvalue weighted by atomic mass is 10.1. The third-order valence-electron chi connectivity index (χ3n) is 6.78. The van der Waals surface area contributed by atoms with Gasteiger partial charge in [-0.2, -0.15) is 5.10 Å². The summed E-state index contributed by atoms with van der Waals surface area (Å²) in [5.74, 6) is 0.136. The number of benzene rings is 5. The second-order valence-electron chi connectivity index (χ2n) is 9.95. The third-order valence-corrected chi connectivity index (χ3v) is 8.56. The number of carbonyl (C=O) groups is 1. The van der Waals surface area contributed by atoms with E-state index >= 15 is 0 Å². The van der Waals surface area contributed by atoms with E-state index in [1.54, 1.807) is 36.4 Å². The highest BCUT2D eigenvalue weighted by Gasteiger charge is 2.27. The maximum absolute atomic E-state index is 13.5. The molecule has 1 amide bonds. The summed E-state index contributed by atoms with van der Waals surface area (Å²) >= 11 is 0. The van der Waals surface area contributed by atoms with Crippen molar-refractivity contribution in [2.45, 2.75) is 25.3 Å². The molecule has 0 saturated heterocycles. The Bertz CT molecular complexity index is 1810. The Morgan fingerprint density at radius 1 is 0.810 bits per heavy atom. The molecule has 212 valence electrons. The number of aryl methyl sites for hydroxylation is 2. The maximum Gasteiger partial charge on any atom is 0.264 e. The van der Waals surface area contributed by atoms with Gasteiger partial charge in [-0.1, -0.05) is 77.9 Å². The van der Waals surface area contributed by atoms with Gasteiger partial charge in [-0.25, -0.2) is 13.8 Å². The molecule has 0 aromatic heterocycles. The molecule has 0 fully saturated rings. The van der Waals surface area contributed by atoms with Crippen molar-refractivity contribution in [3.05, 3.63) is 138 Å². The van der Waals surface area contributed by atoms with Crippen LogP contribution < -0.4 is 14.5 Å². The second kappa shape index (κ2) is 12.7. The minimum absolute atomic E-state index is 0.104. The molecule has 7 nitrogen and oxygen atoms in total. The number of carbonyl (C=O) groups excluding carboxylic acids is 1. The number of fused-ring (bicyclic) bond motifs is 1. The molecule has 0 saturated carbocycles. The van der Waals surface area contributed by atoms with E-state index in [1.165, 1.54) is 23.7 Å². The van der Waals surface area contributed by atoms with Crippen LogP contribution in [-0.2, 0) is 21.4 Å². The van der Waals surface area contributed by atoms with Gasteiger partial charge in [0.1, 0.15) is 18.9 Å². The first-order valence-corrected chi connectivity index (χ1v) is 14.9. The third kappa shape index (κ3) is 6.85. The van der Waals surface area contributed by atoms with Crippen molar-refractivity contribution in [3.8, 4) is 5.75 Å². The van der Waals surface area contributed by atoms with Crippen molar-refractivity contribution >= 4 is 38.6 Å². The Morgan fingerprint density at radius 3 is 2.17 bits per heavy atom. The van der Waals surface area contributed by atoms with Crippen molar-refractivity contribution < 1.29 is 17.9 Å². The van der Waals surface area contributed by atoms with E-state index in [-0.39, 0.29) is 4.90 Å². The van der Waals surface area contributed by atoms with Gasteiger partial charge >= 0.3 is 0 Å². The van der Waals surface area contributed by atoms with Gasteiger partial charge in [0.05, 0.1) is 16.8 Å². The van der Waals surface area contributed by atoms with E-state index < -0.39 is 22.5 Å². The SMILES string of the molecule is Cc1ccc(N(CC(=O)N/N=C\c2ccc(OCc3cccc4ccccc34)cc2)S(=O)(=O)c2ccc(C)cc2)cc1. The fraction of sp³-hybridized carbons (Fsp3) is 0.118. The van der Waals surface area contributed by atoms with Crippen molar-refractivity contribution in [3.63, 3.8) is 0 Å². The lowest BCUT2D eigenvalue weighted by Crippen LogP contribution is -2.39. The number of nitrogens with zero attached hydrogens (tertiary/aromatic N) is 2. The largest absolute Gasteiger partial charge is 0.489 e. The molecule has 5 aromatic carbocycles. The minimum atomic E-state index is -3.99. The number of anilines is 1. The summed E-state index contributed by atoms with van der Waals surface area (Å²) < 4.78 is 34.1. The average molecular weight is 578 g/mol. The number of amides is 1. The first kappa shape index (κ1) is 28.6. The first-order chi connectivity index (χ1) is 20.3. The molecule has 5 rings (SSSR count). The van der Waals surface area contributed by atoms with Gasteiger partial charge in [0.2, 0.25) is 0 Å². The lowest BCUT2D eigenvalue weighted by Gasteiger charge is -2.24. The zero-order valence-corrected chi connectivity index (χ0v) is 24.2. The van der Waals surface area contributed by atoms with Crippen molar-refractivity contribution in [2.75, 3.05) is 10.8 Å². The molecular weight excluding hydrogens is 546 g/mol. The van der Waals surface area contributed by atoms with E-state index in [4.69, 9.17) is 4.74 Å². The Balaban J connectivity index is 1.22. The normalized spacial score (nSPS) is 11.5. The number of nitrogens with one attached hydrogen (secondary N) is 1. The Hall–Kier alpha value is -4.95. The van der Waals surface area contributed by atoms with Crippen LogP contribution in [0.25, 0.3) is 10.8 Å². The average Bonchev–Trinajstić information content (AvgIpc) is 3.00. The lowest BCUT2D eigenvalue weighted by molar-refractivity contribution is -0.119. The van der Waals surface area contributed by atoms with Gasteiger partial charge < -0.3 is 4.74 Å². The minimum Gasteiger partial charge on any atom is -0.489 e. The summed E-state index contributed by atoms with van der Waals surface area (Å²) in [5.41, 5.74) is 6.60. The Kier molecular flexibility index (Phi) is 8.64. The molecule has 0 spiro atoms. The Morgan fingerprint density at radius 2 is 1.45 bits per heavy atom. The first-order valence-electron chi connectivity index (χ1n) is 13.5. The van der Waals surface area contributed by atoms with E-state index in [9.17, 15) is 13.2 Å². The van der Waals surface area contributed by atoms with Crippen LogP contribution in [0.5, 0.6) is 5.75 Å². The van der Waals surface area contributed by atoms with Crippen molar-refractivity contribution in [1.82, 2.24) is 5.43 Å². The smallest absolute Gasteiger partial charge is 0.264 e. The molecule has 5 aromatic rings. The highest BCUT2D eigenvalue weighted by atomic mass is 32.2. The summed E-state index contributed by atoms with van der Waals surface area (Å²) in [6, 6.07) is 35.2. The number of hydrogen-bond donors (Lipinski definition) is 1. The summed E-state index contributed by atoms with van der Waals surface area (Å²) in [6.07, 6.45) is 1.50. The highest BCUT2D eigenvalue weighted by molar-refractivity contribution is 7.92. The topological polar surface area (TPSA) is 88.1 Å². The number of rotatable bonds is 10. The quantitative estimate of drug-likeness (QED) is 0.154. The maximum atomic E-state index is 13.5. The van der Waals surface area contributed by atoms with Gasteiger partial charge in [-0.15, -0.1) is 0 Å². The molecule has 0 atom stereocenters. The summed E-state index contributed by atoms with van der Waals surface area (Å²) in [4.78, 5) is 12.9. The van der Waals surface area contributed by atoms with Crippen LogP contribution in [0.1, 0.15) is 22.3 Å². The van der Waals surface area contributed by atoms with Crippen molar-refractivity contribution in [2.24, 2.45) is 5.10 Å². The van der Waals surface area contributed by atoms with Crippen LogP contribution >= 0.6 is 0 Å². The van der Waals surface area contributed by atoms with Gasteiger partial charge in [0.25, 0.3) is 15.9 Å². The molecule has 42 heavy (non-hydrogen) atoms. The standard InChI is InChI=1S/C34H31N3O4S/c1-25-10-16-30(17-11-25)37(42(39,40)32-20-12-26(2)13-21-32)23-34(38)36-35-22-27-14-18-31(19-15-27)41-24-29-8-5-7-28-6-3-4-9-33(28)29/h3-22H,23-24H2,1-2H3,(H,36,38)/b35-22-. The van der Waals surface area contributed by atoms with Crippen LogP contribution in [0.4, 0.5) is 5.69 Å². The number of sulfonamides is 1. The molecule has 0 aliphatic heterocycles. The molecule has 1 N–H and O–H groups in total. The zero-order chi connectivity index (χ0) is 29.5. The van der Waals surface area contributed by atoms with E-state index in [0.29, 0.717) is 18.0 Å². The summed E-state index contributed by atoms with van der Waals surface area (Å²) in [6.45, 7) is 3.80. The molecule has 0 heterocycles. The van der Waals surface area contributed by atoms with Crippen LogP contribution in [0.2, 0.25) is 0 Å². The second-order valence-corrected chi connectivity index (χ2v) is 11.8. The molecular formula is C34H31N3O4S. The number of hydrazone groups is 1. The van der Waals surface area contributed by atoms with E-state index in [2.05, 4.69) is 34.8 Å². The highest BCUT2D eigenvalue weighted by Crippen LogP contribution is 2.25. The molecule has 0 radical (unpaired) electrons. The van der Waals surface area contributed by atoms with Crippen LogP contribution in [0, 0.1) is 13.8 Å². The predicted molar refractivity (Wildman–Crippen MR) is 167 cm³/mol. The monoisotopic (exact) mass is 577 g/mol. The molecule has 0 aliphatic carbocycles. The number of ether oxygens (including phenoxy) is 1. The Labute approximate surface area is 246 Å². The van der Waals surface area contributed by atoms with Crippen LogP contribution in [-0.4, -0.2) is 27.1 Å². The summed E-state index contributed by atoms with van der Waals surface area (Å²) in [7, 11) is -3.99. The summed E-state index contributed by atoms with van der Waals surface area (Å²) in [5, 5.41) is 6.37. The van der Waals surface area contributed by atoms with Gasteiger partial charge in [-0.3, -0.25) is 9.10 Å². The zero-order valence-electron chi connectivity index (χ0n) is 23.4. The van der Waals surface area contributed by atoms with Crippen LogP contribution in [0.15, 0.2) is 125 Å². The van der Waals surface area contributed by atoms with Crippen LogP contribution in [0.3, 0.4) is 0 Å². The van der Waals surface area contributed by atoms with Gasteiger partial charge in [-0.05, 0) is 84.3 Å². The fourth-order valence-corrected chi connectivity index (χ4v) is 5.86. The molecule has 0 aliphatic rings.